The predicted octanol–water partition coefficient (Wildman–Crippen LogP) is 3.31. The van der Waals surface area contributed by atoms with Crippen LogP contribution in [-0.4, -0.2) is 19.1 Å². The molecule has 0 aliphatic heterocycles. The monoisotopic (exact) mass is 263 g/mol. The minimum Gasteiger partial charge on any atom is -0.490 e. The highest BCUT2D eigenvalue weighted by atomic mass is 16.5. The maximum atomic E-state index is 11.5. The molecule has 1 rings (SSSR count). The van der Waals surface area contributed by atoms with Gasteiger partial charge in [-0.2, -0.15) is 0 Å². The van der Waals surface area contributed by atoms with Gasteiger partial charge in [0.1, 0.15) is 0 Å². The molecule has 4 nitrogen and oxygen atoms in total. The highest BCUT2D eigenvalue weighted by molar-refractivity contribution is 5.99. The molecular weight excluding hydrogens is 242 g/mol. The van der Waals surface area contributed by atoms with Gasteiger partial charge in [0.2, 0.25) is 5.91 Å². The highest BCUT2D eigenvalue weighted by Gasteiger charge is 2.11. The summed E-state index contributed by atoms with van der Waals surface area (Å²) in [7, 11) is 0. The molecule has 104 valence electrons. The van der Waals surface area contributed by atoms with E-state index in [1.165, 1.54) is 6.08 Å². The number of ether oxygens (including phenoxy) is 2. The third kappa shape index (κ3) is 4.32. The zero-order chi connectivity index (χ0) is 14.3. The predicted molar refractivity (Wildman–Crippen MR) is 77.0 cm³/mol. The number of allylic oxidation sites excluding steroid dienone is 1. The maximum absolute atomic E-state index is 11.5. The molecule has 1 aromatic rings. The Kier molecular flexibility index (Phi) is 5.93. The number of hydrogen-bond acceptors (Lipinski definition) is 3. The Morgan fingerprint density at radius 3 is 2.53 bits per heavy atom. The van der Waals surface area contributed by atoms with Crippen molar-refractivity contribution in [2.24, 2.45) is 0 Å². The van der Waals surface area contributed by atoms with E-state index in [4.69, 9.17) is 9.47 Å². The second-order valence-corrected chi connectivity index (χ2v) is 3.98. The number of benzene rings is 1. The van der Waals surface area contributed by atoms with Crippen LogP contribution < -0.4 is 14.8 Å². The Bertz CT molecular complexity index is 467. The average molecular weight is 263 g/mol. The minimum absolute atomic E-state index is 0.159. The second kappa shape index (κ2) is 7.46. The molecule has 0 saturated carbocycles. The molecule has 0 atom stereocenters. The van der Waals surface area contributed by atoms with E-state index in [1.807, 2.05) is 26.8 Å². The Morgan fingerprint density at radius 1 is 1.26 bits per heavy atom. The number of carbonyl (C=O) groups is 1. The van der Waals surface area contributed by atoms with Crippen LogP contribution in [0.25, 0.3) is 0 Å². The summed E-state index contributed by atoms with van der Waals surface area (Å²) in [5.74, 6) is 1.22. The third-order valence-corrected chi connectivity index (χ3v) is 2.41. The first kappa shape index (κ1) is 15.1. The summed E-state index contributed by atoms with van der Waals surface area (Å²) in [5.41, 5.74) is 1.64. The first-order chi connectivity index (χ1) is 9.12. The fourth-order valence-electron chi connectivity index (χ4n) is 1.74. The zero-order valence-corrected chi connectivity index (χ0v) is 11.9. The first-order valence-corrected chi connectivity index (χ1v) is 6.46. The second-order valence-electron chi connectivity index (χ2n) is 3.98. The summed E-state index contributed by atoms with van der Waals surface area (Å²) < 4.78 is 11.1. The van der Waals surface area contributed by atoms with Crippen LogP contribution in [0.2, 0.25) is 0 Å². The lowest BCUT2D eigenvalue weighted by molar-refractivity contribution is -0.111. The van der Waals surface area contributed by atoms with Crippen LogP contribution in [0.15, 0.2) is 24.3 Å². The van der Waals surface area contributed by atoms with Gasteiger partial charge in [0.25, 0.3) is 0 Å². The molecular formula is C15H21NO3. The number of hydrogen-bond donors (Lipinski definition) is 1. The van der Waals surface area contributed by atoms with E-state index in [1.54, 1.807) is 19.1 Å². The van der Waals surface area contributed by atoms with Crippen molar-refractivity contribution in [3.63, 3.8) is 0 Å². The molecule has 1 N–H and O–H groups in total. The molecule has 0 spiro atoms. The van der Waals surface area contributed by atoms with Crippen molar-refractivity contribution in [1.82, 2.24) is 0 Å². The lowest BCUT2D eigenvalue weighted by Crippen LogP contribution is -2.09. The molecule has 1 aromatic carbocycles. The zero-order valence-electron chi connectivity index (χ0n) is 11.9. The van der Waals surface area contributed by atoms with Crippen molar-refractivity contribution in [2.75, 3.05) is 18.5 Å². The van der Waals surface area contributed by atoms with Gasteiger partial charge in [-0.3, -0.25) is 4.79 Å². The number of amides is 1. The molecule has 0 radical (unpaired) electrons. The van der Waals surface area contributed by atoms with Crippen molar-refractivity contribution >= 4 is 11.6 Å². The van der Waals surface area contributed by atoms with Gasteiger partial charge in [0.05, 0.1) is 13.2 Å². The summed E-state index contributed by atoms with van der Waals surface area (Å²) in [4.78, 5) is 11.5. The number of carbonyl (C=O) groups excluding carboxylic acids is 1. The number of anilines is 1. The molecule has 0 aliphatic carbocycles. The van der Waals surface area contributed by atoms with Crippen LogP contribution in [0.5, 0.6) is 11.5 Å². The average Bonchev–Trinajstić information content (AvgIpc) is 2.34. The number of aryl methyl sites for hydroxylation is 1. The Morgan fingerprint density at radius 2 is 1.95 bits per heavy atom. The molecule has 19 heavy (non-hydrogen) atoms. The van der Waals surface area contributed by atoms with Crippen LogP contribution in [0.4, 0.5) is 5.69 Å². The number of rotatable bonds is 6. The topological polar surface area (TPSA) is 47.6 Å². The minimum atomic E-state index is -0.159. The van der Waals surface area contributed by atoms with Gasteiger partial charge in [0, 0.05) is 11.8 Å². The van der Waals surface area contributed by atoms with E-state index in [-0.39, 0.29) is 5.91 Å². The fourth-order valence-corrected chi connectivity index (χ4v) is 1.74. The van der Waals surface area contributed by atoms with Crippen LogP contribution >= 0.6 is 0 Å². The summed E-state index contributed by atoms with van der Waals surface area (Å²) in [6.07, 6.45) is 3.17. The van der Waals surface area contributed by atoms with Gasteiger partial charge in [-0.1, -0.05) is 6.08 Å². The SMILES string of the molecule is CC=CC(=O)Nc1cc(C)c(OCC)c(OCC)c1. The first-order valence-electron chi connectivity index (χ1n) is 6.46. The van der Waals surface area contributed by atoms with Crippen LogP contribution in [-0.2, 0) is 4.79 Å². The van der Waals surface area contributed by atoms with Crippen LogP contribution in [0, 0.1) is 6.92 Å². The van der Waals surface area contributed by atoms with Crippen molar-refractivity contribution in [3.8, 4) is 11.5 Å². The standard InChI is InChI=1S/C15H21NO3/c1-5-8-14(17)16-12-9-11(4)15(19-7-3)13(10-12)18-6-2/h5,8-10H,6-7H2,1-4H3,(H,16,17). The van der Waals surface area contributed by atoms with Gasteiger partial charge in [-0.25, -0.2) is 0 Å². The molecule has 1 amide bonds. The van der Waals surface area contributed by atoms with Gasteiger partial charge in [-0.15, -0.1) is 0 Å². The maximum Gasteiger partial charge on any atom is 0.248 e. The van der Waals surface area contributed by atoms with E-state index in [9.17, 15) is 4.79 Å². The normalized spacial score (nSPS) is 10.5. The van der Waals surface area contributed by atoms with Crippen molar-refractivity contribution in [1.29, 1.82) is 0 Å². The Hall–Kier alpha value is -1.97. The summed E-state index contributed by atoms with van der Waals surface area (Å²) in [6.45, 7) is 8.69. The molecule has 0 aromatic heterocycles. The Balaban J connectivity index is 3.05. The Labute approximate surface area is 114 Å². The quantitative estimate of drug-likeness (QED) is 0.801. The van der Waals surface area contributed by atoms with E-state index < -0.39 is 0 Å². The summed E-state index contributed by atoms with van der Waals surface area (Å²) in [5, 5.41) is 2.79. The smallest absolute Gasteiger partial charge is 0.248 e. The molecule has 0 aliphatic rings. The van der Waals surface area contributed by atoms with E-state index in [0.29, 0.717) is 24.7 Å². The molecule has 0 heterocycles. The van der Waals surface area contributed by atoms with Crippen molar-refractivity contribution in [3.05, 3.63) is 29.8 Å². The van der Waals surface area contributed by atoms with Gasteiger partial charge < -0.3 is 14.8 Å². The van der Waals surface area contributed by atoms with Crippen molar-refractivity contribution < 1.29 is 14.3 Å². The van der Waals surface area contributed by atoms with Gasteiger partial charge in [-0.05, 0) is 45.4 Å². The van der Waals surface area contributed by atoms with Crippen molar-refractivity contribution in [2.45, 2.75) is 27.7 Å². The van der Waals surface area contributed by atoms with E-state index >= 15 is 0 Å². The molecule has 0 unspecified atom stereocenters. The lowest BCUT2D eigenvalue weighted by Gasteiger charge is -2.15. The molecule has 0 fully saturated rings. The van der Waals surface area contributed by atoms with E-state index in [2.05, 4.69) is 5.32 Å². The molecule has 0 saturated heterocycles. The van der Waals surface area contributed by atoms with Gasteiger partial charge >= 0.3 is 0 Å². The molecule has 4 heteroatoms. The summed E-state index contributed by atoms with van der Waals surface area (Å²) >= 11 is 0. The number of nitrogens with one attached hydrogen (secondary N) is 1. The van der Waals surface area contributed by atoms with E-state index in [0.717, 1.165) is 11.3 Å². The van der Waals surface area contributed by atoms with Crippen LogP contribution in [0.3, 0.4) is 0 Å². The summed E-state index contributed by atoms with van der Waals surface area (Å²) in [6, 6.07) is 3.65. The molecule has 0 bridgehead atoms. The lowest BCUT2D eigenvalue weighted by atomic mass is 10.1. The highest BCUT2D eigenvalue weighted by Crippen LogP contribution is 2.34. The largest absolute Gasteiger partial charge is 0.490 e. The van der Waals surface area contributed by atoms with Gasteiger partial charge in [0.15, 0.2) is 11.5 Å². The van der Waals surface area contributed by atoms with Crippen LogP contribution in [0.1, 0.15) is 26.3 Å². The fraction of sp³-hybridized carbons (Fsp3) is 0.400. The third-order valence-electron chi connectivity index (χ3n) is 2.41.